The van der Waals surface area contributed by atoms with Gasteiger partial charge in [-0.3, -0.25) is 4.79 Å². The Kier molecular flexibility index (Phi) is 5.49. The van der Waals surface area contributed by atoms with Gasteiger partial charge >= 0.3 is 0 Å². The number of fused-ring (bicyclic) bond motifs is 1. The van der Waals surface area contributed by atoms with Gasteiger partial charge in [-0.25, -0.2) is 8.42 Å². The van der Waals surface area contributed by atoms with Gasteiger partial charge in [0.25, 0.3) is 0 Å². The van der Waals surface area contributed by atoms with E-state index < -0.39 is 16.1 Å². The summed E-state index contributed by atoms with van der Waals surface area (Å²) in [6.45, 7) is 5.22. The molecular weight excluding hydrogens is 336 g/mol. The lowest BCUT2D eigenvalue weighted by Crippen LogP contribution is -2.50. The van der Waals surface area contributed by atoms with Gasteiger partial charge in [0.15, 0.2) is 0 Å². The van der Waals surface area contributed by atoms with Crippen molar-refractivity contribution in [3.05, 3.63) is 29.3 Å². The zero-order chi connectivity index (χ0) is 18.0. The highest BCUT2D eigenvalue weighted by Gasteiger charge is 2.32. The molecule has 5 nitrogen and oxygen atoms in total. The minimum absolute atomic E-state index is 0.0968. The number of carbonyl (C=O) groups is 1. The number of aryl methyl sites for hydroxylation is 2. The normalized spacial score (nSPS) is 19.1. The Hall–Kier alpha value is -1.40. The third-order valence-electron chi connectivity index (χ3n) is 5.26. The molecule has 138 valence electrons. The number of rotatable bonds is 5. The lowest BCUT2D eigenvalue weighted by molar-refractivity contribution is -0.132. The molecule has 0 radical (unpaired) electrons. The van der Waals surface area contributed by atoms with Gasteiger partial charge in [-0.1, -0.05) is 19.9 Å². The van der Waals surface area contributed by atoms with Crippen molar-refractivity contribution >= 4 is 15.9 Å². The van der Waals surface area contributed by atoms with Crippen LogP contribution in [0.4, 0.5) is 0 Å². The zero-order valence-corrected chi connectivity index (χ0v) is 15.9. The van der Waals surface area contributed by atoms with Gasteiger partial charge in [-0.15, -0.1) is 0 Å². The summed E-state index contributed by atoms with van der Waals surface area (Å²) in [6.07, 6.45) is 6.20. The van der Waals surface area contributed by atoms with E-state index in [1.165, 1.54) is 5.56 Å². The maximum Gasteiger partial charge on any atom is 0.241 e. The fraction of sp³-hybridized carbons (Fsp3) is 0.632. The number of carbonyl (C=O) groups excluding carboxylic acids is 1. The molecule has 6 heteroatoms. The molecule has 1 fully saturated rings. The van der Waals surface area contributed by atoms with E-state index in [4.69, 9.17) is 0 Å². The highest BCUT2D eigenvalue weighted by atomic mass is 32.2. The molecule has 1 N–H and O–H groups in total. The minimum Gasteiger partial charge on any atom is -0.341 e. The highest BCUT2D eigenvalue weighted by Crippen LogP contribution is 2.24. The Balaban J connectivity index is 1.81. The molecule has 1 aliphatic carbocycles. The molecule has 1 aromatic rings. The van der Waals surface area contributed by atoms with Crippen LogP contribution in [0.1, 0.15) is 50.7 Å². The van der Waals surface area contributed by atoms with Gasteiger partial charge in [-0.2, -0.15) is 4.72 Å². The van der Waals surface area contributed by atoms with E-state index in [9.17, 15) is 13.2 Å². The first-order valence-electron chi connectivity index (χ1n) is 9.31. The van der Waals surface area contributed by atoms with Crippen LogP contribution in [0.5, 0.6) is 0 Å². The van der Waals surface area contributed by atoms with Crippen molar-refractivity contribution in [3.63, 3.8) is 0 Å². The van der Waals surface area contributed by atoms with Crippen LogP contribution >= 0.6 is 0 Å². The van der Waals surface area contributed by atoms with Gasteiger partial charge in [0.1, 0.15) is 6.04 Å². The highest BCUT2D eigenvalue weighted by molar-refractivity contribution is 7.89. The van der Waals surface area contributed by atoms with Gasteiger partial charge in [-0.05, 0) is 67.7 Å². The molecule has 0 unspecified atom stereocenters. The van der Waals surface area contributed by atoms with E-state index in [-0.39, 0.29) is 16.7 Å². The Morgan fingerprint density at radius 1 is 1.04 bits per heavy atom. The molecule has 1 heterocycles. The van der Waals surface area contributed by atoms with Gasteiger partial charge in [0.2, 0.25) is 15.9 Å². The van der Waals surface area contributed by atoms with E-state index >= 15 is 0 Å². The quantitative estimate of drug-likeness (QED) is 0.873. The van der Waals surface area contributed by atoms with Crippen molar-refractivity contribution in [1.82, 2.24) is 9.62 Å². The molecular formula is C19H28N2O3S. The Morgan fingerprint density at radius 3 is 2.32 bits per heavy atom. The molecule has 1 aliphatic heterocycles. The fourth-order valence-corrected chi connectivity index (χ4v) is 5.11. The average molecular weight is 365 g/mol. The van der Waals surface area contributed by atoms with Crippen LogP contribution in [-0.2, 0) is 27.7 Å². The first-order chi connectivity index (χ1) is 11.9. The summed E-state index contributed by atoms with van der Waals surface area (Å²) in [4.78, 5) is 14.8. The average Bonchev–Trinajstić information content (AvgIpc) is 3.13. The fourth-order valence-electron chi connectivity index (χ4n) is 3.72. The van der Waals surface area contributed by atoms with Gasteiger partial charge in [0.05, 0.1) is 4.90 Å². The number of nitrogens with zero attached hydrogens (tertiary/aromatic N) is 1. The van der Waals surface area contributed by atoms with Gasteiger partial charge < -0.3 is 4.90 Å². The summed E-state index contributed by atoms with van der Waals surface area (Å²) in [5.41, 5.74) is 2.37. The number of likely N-dealkylation sites (tertiary alicyclic amines) is 1. The van der Waals surface area contributed by atoms with E-state index in [0.29, 0.717) is 0 Å². The van der Waals surface area contributed by atoms with E-state index in [2.05, 4.69) is 4.72 Å². The molecule has 25 heavy (non-hydrogen) atoms. The lowest BCUT2D eigenvalue weighted by atomic mass is 9.92. The number of hydrogen-bond donors (Lipinski definition) is 1. The molecule has 3 rings (SSSR count). The monoisotopic (exact) mass is 364 g/mol. The summed E-state index contributed by atoms with van der Waals surface area (Å²) >= 11 is 0. The SMILES string of the molecule is CC(C)[C@H](NS(=O)(=O)c1ccc2c(c1)CCCC2)C(=O)N1CCCC1. The number of hydrogen-bond acceptors (Lipinski definition) is 3. The van der Waals surface area contributed by atoms with Crippen LogP contribution in [0, 0.1) is 5.92 Å². The first kappa shape index (κ1) is 18.4. The predicted octanol–water partition coefficient (Wildman–Crippen LogP) is 2.49. The molecule has 1 atom stereocenters. The van der Waals surface area contributed by atoms with Crippen molar-refractivity contribution in [2.24, 2.45) is 5.92 Å². The van der Waals surface area contributed by atoms with Crippen molar-refractivity contribution in [3.8, 4) is 0 Å². The van der Waals surface area contributed by atoms with Crippen LogP contribution in [0.2, 0.25) is 0 Å². The second-order valence-electron chi connectivity index (χ2n) is 7.51. The largest absolute Gasteiger partial charge is 0.341 e. The van der Waals surface area contributed by atoms with E-state index in [1.54, 1.807) is 17.0 Å². The summed E-state index contributed by atoms with van der Waals surface area (Å²) in [6, 6.07) is 4.67. The molecule has 2 aliphatic rings. The van der Waals surface area contributed by atoms with E-state index in [1.807, 2.05) is 19.9 Å². The molecule has 1 saturated heterocycles. The van der Waals surface area contributed by atoms with Crippen LogP contribution in [0.15, 0.2) is 23.1 Å². The van der Waals surface area contributed by atoms with Crippen molar-refractivity contribution < 1.29 is 13.2 Å². The number of amides is 1. The maximum absolute atomic E-state index is 12.9. The topological polar surface area (TPSA) is 66.5 Å². The van der Waals surface area contributed by atoms with Crippen LogP contribution in [-0.4, -0.2) is 38.4 Å². The van der Waals surface area contributed by atoms with Crippen LogP contribution < -0.4 is 4.72 Å². The standard InChI is InChI=1S/C19H28N2O3S/c1-14(2)18(19(22)21-11-5-6-12-21)20-25(23,24)17-10-9-15-7-3-4-8-16(15)13-17/h9-10,13-14,18,20H,3-8,11-12H2,1-2H3/t18-/m0/s1. The van der Waals surface area contributed by atoms with Crippen LogP contribution in [0.3, 0.4) is 0 Å². The zero-order valence-electron chi connectivity index (χ0n) is 15.1. The first-order valence-corrected chi connectivity index (χ1v) is 10.8. The number of sulfonamides is 1. The molecule has 0 aromatic heterocycles. The second-order valence-corrected chi connectivity index (χ2v) is 9.23. The predicted molar refractivity (Wildman–Crippen MR) is 97.8 cm³/mol. The number of nitrogens with one attached hydrogen (secondary N) is 1. The van der Waals surface area contributed by atoms with Gasteiger partial charge in [0, 0.05) is 13.1 Å². The van der Waals surface area contributed by atoms with Crippen LogP contribution in [0.25, 0.3) is 0 Å². The molecule has 0 saturated carbocycles. The Morgan fingerprint density at radius 2 is 1.68 bits per heavy atom. The summed E-state index contributed by atoms with van der Waals surface area (Å²) in [5.74, 6) is -0.200. The maximum atomic E-state index is 12.9. The molecule has 1 aromatic carbocycles. The van der Waals surface area contributed by atoms with Crippen molar-refractivity contribution in [2.75, 3.05) is 13.1 Å². The minimum atomic E-state index is -3.71. The van der Waals surface area contributed by atoms with Crippen molar-refractivity contribution in [1.29, 1.82) is 0 Å². The third kappa shape index (κ3) is 4.06. The number of benzene rings is 1. The van der Waals surface area contributed by atoms with E-state index in [0.717, 1.165) is 57.2 Å². The Bertz CT molecular complexity index is 737. The Labute approximate surface area is 150 Å². The third-order valence-corrected chi connectivity index (χ3v) is 6.70. The van der Waals surface area contributed by atoms with Crippen molar-refractivity contribution in [2.45, 2.75) is 63.3 Å². The smallest absolute Gasteiger partial charge is 0.241 e. The molecule has 0 spiro atoms. The summed E-state index contributed by atoms with van der Waals surface area (Å²) in [5, 5.41) is 0. The second kappa shape index (κ2) is 7.46. The summed E-state index contributed by atoms with van der Waals surface area (Å²) < 4.78 is 28.4. The summed E-state index contributed by atoms with van der Waals surface area (Å²) in [7, 11) is -3.71. The molecule has 1 amide bonds. The lowest BCUT2D eigenvalue weighted by Gasteiger charge is -2.26. The molecule has 0 bridgehead atoms.